The van der Waals surface area contributed by atoms with Crippen LogP contribution >= 0.6 is 0 Å². The van der Waals surface area contributed by atoms with Crippen molar-refractivity contribution in [1.82, 2.24) is 0 Å². The molecule has 0 aliphatic heterocycles. The van der Waals surface area contributed by atoms with Crippen molar-refractivity contribution in [1.29, 1.82) is 0 Å². The highest BCUT2D eigenvalue weighted by atomic mass is 16.3. The second-order valence-corrected chi connectivity index (χ2v) is 2.02. The van der Waals surface area contributed by atoms with E-state index in [9.17, 15) is 0 Å². The number of phenols is 1. The summed E-state index contributed by atoms with van der Waals surface area (Å²) in [7, 11) is 2.06. The largest absolute Gasteiger partial charge is 0.508 e. The van der Waals surface area contributed by atoms with E-state index in [-0.39, 0.29) is 0 Å². The Morgan fingerprint density at radius 3 is 2.67 bits per heavy atom. The lowest BCUT2D eigenvalue weighted by atomic mass is 9.97. The van der Waals surface area contributed by atoms with Crippen molar-refractivity contribution in [2.75, 3.05) is 0 Å². The van der Waals surface area contributed by atoms with E-state index in [1.54, 1.807) is 12.1 Å². The van der Waals surface area contributed by atoms with E-state index in [1.807, 2.05) is 12.1 Å². The highest BCUT2D eigenvalue weighted by molar-refractivity contribution is 6.08. The van der Waals surface area contributed by atoms with Crippen LogP contribution in [0.25, 0.3) is 0 Å². The van der Waals surface area contributed by atoms with Crippen LogP contribution in [0, 0.1) is 0 Å². The van der Waals surface area contributed by atoms with Crippen LogP contribution in [-0.2, 0) is 6.32 Å². The number of rotatable bonds is 1. The predicted molar refractivity (Wildman–Crippen MR) is 40.4 cm³/mol. The average Bonchev–Trinajstić information content (AvgIpc) is 1.88. The van der Waals surface area contributed by atoms with Crippen molar-refractivity contribution in [2.45, 2.75) is 6.32 Å². The summed E-state index contributed by atoms with van der Waals surface area (Å²) in [5, 5.41) is 8.94. The summed E-state index contributed by atoms with van der Waals surface area (Å²) in [6, 6.07) is 7.31. The van der Waals surface area contributed by atoms with Gasteiger partial charge < -0.3 is 5.11 Å². The molecule has 0 bridgehead atoms. The highest BCUT2D eigenvalue weighted by Gasteiger charge is 1.87. The van der Waals surface area contributed by atoms with Crippen LogP contribution < -0.4 is 0 Å². The first-order valence-corrected chi connectivity index (χ1v) is 3.11. The molecule has 1 aromatic carbocycles. The van der Waals surface area contributed by atoms with Crippen LogP contribution in [0.15, 0.2) is 24.3 Å². The molecule has 0 amide bonds. The summed E-state index contributed by atoms with van der Waals surface area (Å²) in [5.41, 5.74) is 1.18. The fraction of sp³-hybridized carbons (Fsp3) is 0.143. The van der Waals surface area contributed by atoms with E-state index in [1.165, 1.54) is 5.56 Å². The third-order valence-electron chi connectivity index (χ3n) is 1.32. The van der Waals surface area contributed by atoms with Crippen molar-refractivity contribution >= 4 is 7.85 Å². The van der Waals surface area contributed by atoms with Crippen LogP contribution in [0.4, 0.5) is 0 Å². The molecular weight excluding hydrogens is 111 g/mol. The van der Waals surface area contributed by atoms with E-state index < -0.39 is 0 Å². The Balaban J connectivity index is 2.94. The first-order valence-electron chi connectivity index (χ1n) is 3.11. The molecule has 46 valence electrons. The quantitative estimate of drug-likeness (QED) is 0.535. The zero-order valence-corrected chi connectivity index (χ0v) is 5.46. The van der Waals surface area contributed by atoms with Gasteiger partial charge in [0.25, 0.3) is 0 Å². The summed E-state index contributed by atoms with van der Waals surface area (Å²) >= 11 is 0. The van der Waals surface area contributed by atoms with Gasteiger partial charge in [-0.3, -0.25) is 0 Å². The molecule has 0 heterocycles. The summed E-state index contributed by atoms with van der Waals surface area (Å²) < 4.78 is 0. The molecule has 0 aromatic heterocycles. The van der Waals surface area contributed by atoms with Gasteiger partial charge in [0.15, 0.2) is 0 Å². The lowest BCUT2D eigenvalue weighted by molar-refractivity contribution is 0.475. The lowest BCUT2D eigenvalue weighted by Gasteiger charge is -1.94. The van der Waals surface area contributed by atoms with Crippen LogP contribution in [0.5, 0.6) is 5.75 Å². The molecule has 0 saturated heterocycles. The van der Waals surface area contributed by atoms with Crippen molar-refractivity contribution < 1.29 is 5.11 Å². The molecule has 1 nitrogen and oxygen atoms in total. The molecule has 0 radical (unpaired) electrons. The molecule has 1 rings (SSSR count). The molecule has 1 aromatic rings. The standard InChI is InChI=1S/C7H9BO/c8-5-6-2-1-3-7(9)4-6/h1-4,9H,5,8H2. The van der Waals surface area contributed by atoms with E-state index in [4.69, 9.17) is 5.11 Å². The number of aromatic hydroxyl groups is 1. The molecule has 1 N–H and O–H groups in total. The van der Waals surface area contributed by atoms with Crippen molar-refractivity contribution in [3.8, 4) is 5.75 Å². The Kier molecular flexibility index (Phi) is 1.78. The molecule has 0 aliphatic carbocycles. The van der Waals surface area contributed by atoms with Gasteiger partial charge in [0.05, 0.1) is 0 Å². The third-order valence-corrected chi connectivity index (χ3v) is 1.32. The Morgan fingerprint density at radius 1 is 1.44 bits per heavy atom. The Hall–Kier alpha value is -0.915. The van der Waals surface area contributed by atoms with Crippen molar-refractivity contribution in [3.05, 3.63) is 29.8 Å². The van der Waals surface area contributed by atoms with Crippen molar-refractivity contribution in [3.63, 3.8) is 0 Å². The fourth-order valence-electron chi connectivity index (χ4n) is 0.776. The molecule has 2 heteroatoms. The molecule has 0 aliphatic rings. The Bertz CT molecular complexity index is 198. The van der Waals surface area contributed by atoms with Gasteiger partial charge in [0.1, 0.15) is 13.6 Å². The fourth-order valence-corrected chi connectivity index (χ4v) is 0.776. The molecular formula is C7H9BO. The second-order valence-electron chi connectivity index (χ2n) is 2.02. The lowest BCUT2D eigenvalue weighted by Crippen LogP contribution is -1.80. The zero-order valence-electron chi connectivity index (χ0n) is 5.46. The molecule has 9 heavy (non-hydrogen) atoms. The van der Waals surface area contributed by atoms with Gasteiger partial charge in [-0.15, -0.1) is 0 Å². The molecule has 0 spiro atoms. The third kappa shape index (κ3) is 1.49. The van der Waals surface area contributed by atoms with Gasteiger partial charge in [-0.1, -0.05) is 24.0 Å². The maximum absolute atomic E-state index is 8.94. The minimum absolute atomic E-state index is 0.356. The summed E-state index contributed by atoms with van der Waals surface area (Å²) in [5.74, 6) is 0.356. The van der Waals surface area contributed by atoms with Crippen LogP contribution in [0.1, 0.15) is 5.56 Å². The summed E-state index contributed by atoms with van der Waals surface area (Å²) in [4.78, 5) is 0. The monoisotopic (exact) mass is 120 g/mol. The highest BCUT2D eigenvalue weighted by Crippen LogP contribution is 2.09. The summed E-state index contributed by atoms with van der Waals surface area (Å²) in [6.07, 6.45) is 0.981. The number of hydrogen-bond donors (Lipinski definition) is 1. The van der Waals surface area contributed by atoms with Gasteiger partial charge in [-0.25, -0.2) is 0 Å². The number of phenolic OH excluding ortho intramolecular Hbond substituents is 1. The van der Waals surface area contributed by atoms with E-state index in [0.29, 0.717) is 5.75 Å². The first kappa shape index (κ1) is 6.21. The van der Waals surface area contributed by atoms with Gasteiger partial charge in [-0.2, -0.15) is 0 Å². The van der Waals surface area contributed by atoms with Crippen LogP contribution in [0.2, 0.25) is 0 Å². The van der Waals surface area contributed by atoms with E-state index >= 15 is 0 Å². The minimum atomic E-state index is 0.356. The van der Waals surface area contributed by atoms with Crippen LogP contribution in [0.3, 0.4) is 0 Å². The van der Waals surface area contributed by atoms with Crippen LogP contribution in [-0.4, -0.2) is 13.0 Å². The molecule has 0 fully saturated rings. The smallest absolute Gasteiger partial charge is 0.115 e. The van der Waals surface area contributed by atoms with Gasteiger partial charge in [0.2, 0.25) is 0 Å². The Labute approximate surface area is 55.7 Å². The second kappa shape index (κ2) is 2.58. The zero-order chi connectivity index (χ0) is 6.69. The first-order chi connectivity index (χ1) is 4.33. The van der Waals surface area contributed by atoms with Gasteiger partial charge in [0, 0.05) is 0 Å². The van der Waals surface area contributed by atoms with Gasteiger partial charge >= 0.3 is 0 Å². The predicted octanol–water partition coefficient (Wildman–Crippen LogP) is 0.525. The van der Waals surface area contributed by atoms with E-state index in [0.717, 1.165) is 6.32 Å². The molecule has 0 unspecified atom stereocenters. The SMILES string of the molecule is BCc1cccc(O)c1. The average molecular weight is 120 g/mol. The van der Waals surface area contributed by atoms with Gasteiger partial charge in [-0.05, 0) is 12.1 Å². The number of hydrogen-bond acceptors (Lipinski definition) is 1. The molecule has 0 atom stereocenters. The topological polar surface area (TPSA) is 20.2 Å². The minimum Gasteiger partial charge on any atom is -0.508 e. The Morgan fingerprint density at radius 2 is 2.22 bits per heavy atom. The normalized spacial score (nSPS) is 9.33. The summed E-state index contributed by atoms with van der Waals surface area (Å²) in [6.45, 7) is 0. The van der Waals surface area contributed by atoms with Crippen molar-refractivity contribution in [2.24, 2.45) is 0 Å². The maximum atomic E-state index is 8.94. The maximum Gasteiger partial charge on any atom is 0.115 e. The molecule has 0 saturated carbocycles. The van der Waals surface area contributed by atoms with E-state index in [2.05, 4.69) is 7.85 Å². The number of benzene rings is 1.